The average molecular weight is 264 g/mol. The van der Waals surface area contributed by atoms with Crippen LogP contribution in [0.1, 0.15) is 27.7 Å². The summed E-state index contributed by atoms with van der Waals surface area (Å²) >= 11 is 3.63. The topological polar surface area (TPSA) is 35.5 Å². The fraction of sp³-hybridized carbons (Fsp3) is 0.909. The third-order valence-corrected chi connectivity index (χ3v) is 4.90. The van der Waals surface area contributed by atoms with Crippen molar-refractivity contribution in [2.24, 2.45) is 0 Å². The second-order valence-corrected chi connectivity index (χ2v) is 7.12. The molecule has 0 radical (unpaired) electrons. The molecular weight excluding hydrogens is 244 g/mol. The van der Waals surface area contributed by atoms with Crippen LogP contribution in [0, 0.1) is 0 Å². The normalized spacial score (nSPS) is 28.6. The van der Waals surface area contributed by atoms with Crippen LogP contribution in [0.5, 0.6) is 0 Å². The Morgan fingerprint density at radius 2 is 1.81 bits per heavy atom. The number of aldehydes is 1. The molecule has 16 heavy (non-hydrogen) atoms. The molecule has 0 aromatic carbocycles. The molecule has 94 valence electrons. The van der Waals surface area contributed by atoms with Gasteiger partial charge >= 0.3 is 0 Å². The summed E-state index contributed by atoms with van der Waals surface area (Å²) < 4.78 is 11.7. The predicted molar refractivity (Wildman–Crippen MR) is 69.9 cm³/mol. The molecule has 0 aliphatic carbocycles. The van der Waals surface area contributed by atoms with E-state index in [4.69, 9.17) is 9.47 Å². The summed E-state index contributed by atoms with van der Waals surface area (Å²) in [6.07, 6.45) is 0.291. The summed E-state index contributed by atoms with van der Waals surface area (Å²) in [5.41, 5.74) is 0. The van der Waals surface area contributed by atoms with Crippen LogP contribution in [0.15, 0.2) is 0 Å². The first-order valence-electron chi connectivity index (χ1n) is 5.58. The zero-order valence-corrected chi connectivity index (χ0v) is 11.9. The molecule has 0 bridgehead atoms. The summed E-state index contributed by atoms with van der Waals surface area (Å²) in [6, 6.07) is 0. The quantitative estimate of drug-likeness (QED) is 0.544. The first-order valence-corrected chi connectivity index (χ1v) is 7.68. The predicted octanol–water partition coefficient (Wildman–Crippen LogP) is 2.54. The van der Waals surface area contributed by atoms with Gasteiger partial charge in [-0.15, -0.1) is 23.5 Å². The van der Waals surface area contributed by atoms with Crippen LogP contribution in [0.4, 0.5) is 0 Å². The van der Waals surface area contributed by atoms with Crippen molar-refractivity contribution in [2.45, 2.75) is 50.3 Å². The van der Waals surface area contributed by atoms with E-state index in [1.54, 1.807) is 0 Å². The van der Waals surface area contributed by atoms with Crippen LogP contribution in [0.2, 0.25) is 0 Å². The van der Waals surface area contributed by atoms with Gasteiger partial charge in [-0.3, -0.25) is 0 Å². The van der Waals surface area contributed by atoms with E-state index in [9.17, 15) is 4.79 Å². The lowest BCUT2D eigenvalue weighted by molar-refractivity contribution is -0.149. The lowest BCUT2D eigenvalue weighted by Crippen LogP contribution is -2.32. The summed E-state index contributed by atoms with van der Waals surface area (Å²) in [4.78, 5) is 11.0. The first kappa shape index (κ1) is 14.4. The van der Waals surface area contributed by atoms with Gasteiger partial charge in [0.2, 0.25) is 0 Å². The summed E-state index contributed by atoms with van der Waals surface area (Å²) in [7, 11) is 0. The Hall–Kier alpha value is 0.290. The maximum absolute atomic E-state index is 11.0. The monoisotopic (exact) mass is 264 g/mol. The molecule has 2 atom stereocenters. The summed E-state index contributed by atoms with van der Waals surface area (Å²) in [6.45, 7) is 7.94. The molecule has 1 aliphatic heterocycles. The van der Waals surface area contributed by atoms with Crippen LogP contribution >= 0.6 is 23.5 Å². The van der Waals surface area contributed by atoms with Crippen molar-refractivity contribution in [3.05, 3.63) is 0 Å². The van der Waals surface area contributed by atoms with Crippen LogP contribution in [0.25, 0.3) is 0 Å². The standard InChI is InChI=1S/C11H20O3S2/c1-5-15-10(16-6-2)9-8(7-12)13-11(3,4)14-9/h7-10H,5-6H2,1-4H3/t8-,9+/m1/s1. The maximum Gasteiger partial charge on any atom is 0.164 e. The molecule has 1 heterocycles. The van der Waals surface area contributed by atoms with Crippen molar-refractivity contribution < 1.29 is 14.3 Å². The van der Waals surface area contributed by atoms with E-state index in [2.05, 4.69) is 13.8 Å². The van der Waals surface area contributed by atoms with Crippen molar-refractivity contribution in [2.75, 3.05) is 11.5 Å². The minimum absolute atomic E-state index is 0.137. The van der Waals surface area contributed by atoms with Gasteiger partial charge in [0.15, 0.2) is 12.1 Å². The van der Waals surface area contributed by atoms with Gasteiger partial charge in [-0.05, 0) is 25.4 Å². The van der Waals surface area contributed by atoms with Crippen molar-refractivity contribution in [1.82, 2.24) is 0 Å². The van der Waals surface area contributed by atoms with Crippen LogP contribution < -0.4 is 0 Å². The fourth-order valence-corrected chi connectivity index (χ4v) is 4.36. The highest BCUT2D eigenvalue weighted by Gasteiger charge is 2.45. The number of carbonyl (C=O) groups is 1. The average Bonchev–Trinajstić information content (AvgIpc) is 2.53. The van der Waals surface area contributed by atoms with E-state index in [-0.39, 0.29) is 10.7 Å². The molecule has 0 aromatic heterocycles. The zero-order chi connectivity index (χ0) is 12.2. The van der Waals surface area contributed by atoms with Gasteiger partial charge in [0, 0.05) is 0 Å². The van der Waals surface area contributed by atoms with E-state index < -0.39 is 11.9 Å². The molecule has 1 fully saturated rings. The Balaban J connectivity index is 2.70. The van der Waals surface area contributed by atoms with E-state index >= 15 is 0 Å². The van der Waals surface area contributed by atoms with Gasteiger partial charge in [-0.2, -0.15) is 0 Å². The largest absolute Gasteiger partial charge is 0.342 e. The van der Waals surface area contributed by atoms with Gasteiger partial charge in [0.25, 0.3) is 0 Å². The van der Waals surface area contributed by atoms with E-state index in [0.29, 0.717) is 0 Å². The fourth-order valence-electron chi connectivity index (χ4n) is 1.70. The van der Waals surface area contributed by atoms with Crippen molar-refractivity contribution in [3.63, 3.8) is 0 Å². The maximum atomic E-state index is 11.0. The van der Waals surface area contributed by atoms with E-state index in [1.165, 1.54) is 0 Å². The lowest BCUT2D eigenvalue weighted by Gasteiger charge is -2.23. The molecule has 5 heteroatoms. The third kappa shape index (κ3) is 3.65. The molecule has 0 N–H and O–H groups in total. The second-order valence-electron chi connectivity index (χ2n) is 3.98. The van der Waals surface area contributed by atoms with Crippen molar-refractivity contribution >= 4 is 29.8 Å². The highest BCUT2D eigenvalue weighted by Crippen LogP contribution is 2.37. The number of carbonyl (C=O) groups excluding carboxylic acids is 1. The van der Waals surface area contributed by atoms with Gasteiger partial charge in [-0.1, -0.05) is 13.8 Å². The molecule has 1 aliphatic rings. The SMILES string of the molecule is CCSC(SCC)[C@H]1OC(C)(C)O[C@@H]1C=O. The zero-order valence-electron chi connectivity index (χ0n) is 10.3. The second kappa shape index (κ2) is 6.28. The lowest BCUT2D eigenvalue weighted by atomic mass is 10.2. The molecule has 0 saturated carbocycles. The first-order chi connectivity index (χ1) is 7.54. The molecule has 0 spiro atoms. The molecule has 1 saturated heterocycles. The Labute approximate surface area is 106 Å². The van der Waals surface area contributed by atoms with Crippen molar-refractivity contribution in [3.8, 4) is 0 Å². The third-order valence-electron chi connectivity index (χ3n) is 2.23. The van der Waals surface area contributed by atoms with Crippen LogP contribution in [0.3, 0.4) is 0 Å². The number of ether oxygens (including phenoxy) is 2. The number of rotatable bonds is 6. The highest BCUT2D eigenvalue weighted by molar-refractivity contribution is 8.17. The molecule has 3 nitrogen and oxygen atoms in total. The van der Waals surface area contributed by atoms with Crippen LogP contribution in [-0.2, 0) is 14.3 Å². The minimum atomic E-state index is -0.642. The highest BCUT2D eigenvalue weighted by atomic mass is 32.2. The molecule has 0 amide bonds. The molecule has 0 aromatic rings. The van der Waals surface area contributed by atoms with Gasteiger partial charge in [0.1, 0.15) is 12.2 Å². The van der Waals surface area contributed by atoms with E-state index in [0.717, 1.165) is 17.8 Å². The smallest absolute Gasteiger partial charge is 0.164 e. The van der Waals surface area contributed by atoms with Crippen LogP contribution in [-0.4, -0.2) is 40.4 Å². The number of hydrogen-bond acceptors (Lipinski definition) is 5. The van der Waals surface area contributed by atoms with Gasteiger partial charge in [0.05, 0.1) is 4.58 Å². The number of hydrogen-bond donors (Lipinski definition) is 0. The minimum Gasteiger partial charge on any atom is -0.342 e. The van der Waals surface area contributed by atoms with E-state index in [1.807, 2.05) is 37.4 Å². The molecule has 0 unspecified atom stereocenters. The Kier molecular flexibility index (Phi) is 5.64. The van der Waals surface area contributed by atoms with Crippen molar-refractivity contribution in [1.29, 1.82) is 0 Å². The Morgan fingerprint density at radius 1 is 1.25 bits per heavy atom. The number of thioether (sulfide) groups is 2. The Morgan fingerprint density at radius 3 is 2.25 bits per heavy atom. The molecular formula is C11H20O3S2. The van der Waals surface area contributed by atoms with Gasteiger partial charge in [-0.25, -0.2) is 0 Å². The molecule has 1 rings (SSSR count). The summed E-state index contributed by atoms with van der Waals surface area (Å²) in [5, 5.41) is 0. The summed E-state index contributed by atoms with van der Waals surface area (Å²) in [5.74, 6) is 1.39. The Bertz CT molecular complexity index is 227. The van der Waals surface area contributed by atoms with Gasteiger partial charge < -0.3 is 14.3 Å².